The molecule has 1 aromatic carbocycles. The van der Waals surface area contributed by atoms with Crippen molar-refractivity contribution in [1.82, 2.24) is 14.7 Å². The van der Waals surface area contributed by atoms with Crippen LogP contribution < -0.4 is 5.43 Å². The van der Waals surface area contributed by atoms with Gasteiger partial charge in [0.05, 0.1) is 11.7 Å². The molecule has 26 heavy (non-hydrogen) atoms. The number of fused-ring (bicyclic) bond motifs is 2. The van der Waals surface area contributed by atoms with E-state index in [1.807, 2.05) is 0 Å². The molecule has 2 aliphatic rings. The second kappa shape index (κ2) is 6.55. The van der Waals surface area contributed by atoms with Gasteiger partial charge in [-0.25, -0.2) is 4.79 Å². The molecule has 2 heterocycles. The molecule has 0 unspecified atom stereocenters. The molecule has 3 atom stereocenters. The second-order valence-electron chi connectivity index (χ2n) is 7.19. The molecule has 7 heteroatoms. The van der Waals surface area contributed by atoms with Crippen LogP contribution in [-0.2, 0) is 16.1 Å². The van der Waals surface area contributed by atoms with Crippen molar-refractivity contribution in [2.45, 2.75) is 50.7 Å². The number of carboxylic acids is 1. The van der Waals surface area contributed by atoms with E-state index in [1.165, 1.54) is 10.9 Å². The summed E-state index contributed by atoms with van der Waals surface area (Å²) in [5.41, 5.74) is 0.390. The maximum absolute atomic E-state index is 13.0. The number of hydrogen-bond acceptors (Lipinski definition) is 4. The molecule has 0 bridgehead atoms. The molecular formula is C19H21N3O4. The summed E-state index contributed by atoms with van der Waals surface area (Å²) in [7, 11) is 0. The molecule has 1 N–H and O–H groups in total. The molecular weight excluding hydrogens is 334 g/mol. The fourth-order valence-corrected chi connectivity index (χ4v) is 4.54. The smallest absolute Gasteiger partial charge is 0.326 e. The maximum Gasteiger partial charge on any atom is 0.326 e. The van der Waals surface area contributed by atoms with Crippen molar-refractivity contribution in [3.05, 3.63) is 40.7 Å². The van der Waals surface area contributed by atoms with Crippen LogP contribution in [0.15, 0.2) is 35.3 Å². The van der Waals surface area contributed by atoms with Crippen LogP contribution in [0.5, 0.6) is 0 Å². The summed E-state index contributed by atoms with van der Waals surface area (Å²) in [4.78, 5) is 38.3. The van der Waals surface area contributed by atoms with Crippen molar-refractivity contribution in [2.75, 3.05) is 0 Å². The van der Waals surface area contributed by atoms with Gasteiger partial charge in [-0.15, -0.1) is 0 Å². The van der Waals surface area contributed by atoms with Crippen LogP contribution in [0.3, 0.4) is 0 Å². The van der Waals surface area contributed by atoms with Crippen LogP contribution in [-0.4, -0.2) is 43.7 Å². The van der Waals surface area contributed by atoms with E-state index < -0.39 is 12.0 Å². The van der Waals surface area contributed by atoms with Gasteiger partial charge in [-0.1, -0.05) is 25.0 Å². The average Bonchev–Trinajstić information content (AvgIpc) is 3.04. The summed E-state index contributed by atoms with van der Waals surface area (Å²) in [6.07, 6.45) is 5.70. The number of para-hydroxylation sites is 1. The number of amides is 1. The van der Waals surface area contributed by atoms with Gasteiger partial charge in [0.15, 0.2) is 0 Å². The topological polar surface area (TPSA) is 92.5 Å². The van der Waals surface area contributed by atoms with Gasteiger partial charge in [-0.2, -0.15) is 5.10 Å². The van der Waals surface area contributed by atoms with Gasteiger partial charge in [0.1, 0.15) is 12.6 Å². The molecule has 1 aliphatic carbocycles. The fourth-order valence-electron chi connectivity index (χ4n) is 4.54. The molecule has 4 rings (SSSR count). The van der Waals surface area contributed by atoms with E-state index in [1.54, 1.807) is 29.2 Å². The van der Waals surface area contributed by atoms with E-state index in [4.69, 9.17) is 0 Å². The van der Waals surface area contributed by atoms with Crippen LogP contribution >= 0.6 is 0 Å². The lowest BCUT2D eigenvalue weighted by Gasteiger charge is -2.33. The highest BCUT2D eigenvalue weighted by Crippen LogP contribution is 2.40. The molecule has 1 aliphatic heterocycles. The monoisotopic (exact) mass is 355 g/mol. The van der Waals surface area contributed by atoms with Crippen LogP contribution in [0.25, 0.3) is 10.9 Å². The Morgan fingerprint density at radius 3 is 2.77 bits per heavy atom. The van der Waals surface area contributed by atoms with Gasteiger partial charge in [0.2, 0.25) is 11.3 Å². The highest BCUT2D eigenvalue weighted by Gasteiger charge is 2.47. The van der Waals surface area contributed by atoms with Crippen LogP contribution in [0.4, 0.5) is 0 Å². The van der Waals surface area contributed by atoms with Crippen molar-refractivity contribution < 1.29 is 14.7 Å². The molecule has 1 saturated heterocycles. The number of rotatable bonds is 3. The second-order valence-corrected chi connectivity index (χ2v) is 7.19. The zero-order valence-corrected chi connectivity index (χ0v) is 14.4. The number of likely N-dealkylation sites (tertiary alicyclic amines) is 1. The van der Waals surface area contributed by atoms with Gasteiger partial charge in [-0.3, -0.25) is 14.3 Å². The van der Waals surface area contributed by atoms with Crippen LogP contribution in [0.2, 0.25) is 0 Å². The number of nitrogens with zero attached hydrogens (tertiary/aromatic N) is 3. The van der Waals surface area contributed by atoms with Crippen LogP contribution in [0.1, 0.15) is 32.1 Å². The summed E-state index contributed by atoms with van der Waals surface area (Å²) < 4.78 is 1.49. The Kier molecular flexibility index (Phi) is 4.22. The zero-order valence-electron chi connectivity index (χ0n) is 14.4. The number of aromatic nitrogens is 2. The number of hydrogen-bond donors (Lipinski definition) is 1. The third-order valence-electron chi connectivity index (χ3n) is 5.71. The number of aliphatic carboxylic acids is 1. The molecule has 7 nitrogen and oxygen atoms in total. The Bertz CT molecular complexity index is 922. The summed E-state index contributed by atoms with van der Waals surface area (Å²) in [6, 6.07) is 6.25. The Hall–Kier alpha value is -2.70. The summed E-state index contributed by atoms with van der Waals surface area (Å²) in [6.45, 7) is -0.0617. The Balaban J connectivity index is 1.66. The van der Waals surface area contributed by atoms with E-state index in [9.17, 15) is 19.5 Å². The normalized spacial score (nSPS) is 25.2. The van der Waals surface area contributed by atoms with Gasteiger partial charge in [0.25, 0.3) is 0 Å². The molecule has 0 spiro atoms. The third kappa shape index (κ3) is 2.77. The van der Waals surface area contributed by atoms with E-state index in [-0.39, 0.29) is 29.8 Å². The Morgan fingerprint density at radius 1 is 1.19 bits per heavy atom. The zero-order chi connectivity index (χ0) is 18.3. The molecule has 1 amide bonds. The quantitative estimate of drug-likeness (QED) is 0.904. The van der Waals surface area contributed by atoms with Crippen LogP contribution in [0, 0.1) is 5.92 Å². The van der Waals surface area contributed by atoms with E-state index in [0.717, 1.165) is 25.7 Å². The highest BCUT2D eigenvalue weighted by atomic mass is 16.4. The average molecular weight is 355 g/mol. The first-order valence-electron chi connectivity index (χ1n) is 9.05. The Morgan fingerprint density at radius 2 is 1.96 bits per heavy atom. The molecule has 1 aromatic heterocycles. The largest absolute Gasteiger partial charge is 0.480 e. The number of carbonyl (C=O) groups is 2. The lowest BCUT2D eigenvalue weighted by molar-refractivity contribution is -0.150. The predicted octanol–water partition coefficient (Wildman–Crippen LogP) is 1.64. The molecule has 136 valence electrons. The lowest BCUT2D eigenvalue weighted by atomic mass is 9.85. The van der Waals surface area contributed by atoms with Crippen molar-refractivity contribution in [2.24, 2.45) is 5.92 Å². The summed E-state index contributed by atoms with van der Waals surface area (Å²) in [5, 5.41) is 14.2. The number of carbonyl (C=O) groups excluding carboxylic acids is 1. The lowest BCUT2D eigenvalue weighted by Crippen LogP contribution is -2.47. The first-order chi connectivity index (χ1) is 12.6. The Labute approximate surface area is 150 Å². The first-order valence-corrected chi connectivity index (χ1v) is 9.05. The molecule has 2 fully saturated rings. The van der Waals surface area contributed by atoms with E-state index >= 15 is 0 Å². The third-order valence-corrected chi connectivity index (χ3v) is 5.71. The predicted molar refractivity (Wildman–Crippen MR) is 94.6 cm³/mol. The standard InChI is InChI=1S/C19H21N3O4/c23-17-10-20-21(15-8-4-2-6-13(15)17)11-18(24)22-14-7-3-1-5-12(14)9-16(22)19(25)26/h2,4,6,8,10,12,14,16H,1,3,5,7,9,11H2,(H,25,26)/t12-,14-,16-/m0/s1. The minimum atomic E-state index is -0.939. The van der Waals surface area contributed by atoms with Gasteiger partial charge >= 0.3 is 5.97 Å². The highest BCUT2D eigenvalue weighted by molar-refractivity contribution is 5.86. The van der Waals surface area contributed by atoms with Gasteiger partial charge in [-0.05, 0) is 37.3 Å². The van der Waals surface area contributed by atoms with Crippen molar-refractivity contribution >= 4 is 22.8 Å². The van der Waals surface area contributed by atoms with Gasteiger partial charge < -0.3 is 10.0 Å². The number of carboxylic acid groups (broad SMARTS) is 1. The van der Waals surface area contributed by atoms with Crippen molar-refractivity contribution in [3.8, 4) is 0 Å². The van der Waals surface area contributed by atoms with E-state index in [2.05, 4.69) is 5.10 Å². The first kappa shape index (κ1) is 16.8. The minimum absolute atomic E-state index is 0.00277. The minimum Gasteiger partial charge on any atom is -0.480 e. The van der Waals surface area contributed by atoms with E-state index in [0.29, 0.717) is 17.3 Å². The number of benzene rings is 1. The SMILES string of the molecule is O=C(O)[C@@H]1C[C@@H]2CCCC[C@@H]2N1C(=O)Cn1ncc(=O)c2ccccc21. The maximum atomic E-state index is 13.0. The summed E-state index contributed by atoms with van der Waals surface area (Å²) in [5.74, 6) is -0.911. The van der Waals surface area contributed by atoms with Crippen molar-refractivity contribution in [3.63, 3.8) is 0 Å². The molecule has 0 radical (unpaired) electrons. The molecule has 1 saturated carbocycles. The summed E-state index contributed by atoms with van der Waals surface area (Å²) >= 11 is 0. The van der Waals surface area contributed by atoms with Gasteiger partial charge in [0, 0.05) is 11.4 Å². The van der Waals surface area contributed by atoms with Crippen molar-refractivity contribution in [1.29, 1.82) is 0 Å². The molecule has 2 aromatic rings. The fraction of sp³-hybridized carbons (Fsp3) is 0.474.